The largest absolute Gasteiger partial charge is 0.358 e. The first-order valence-electron chi connectivity index (χ1n) is 5.30. The summed E-state index contributed by atoms with van der Waals surface area (Å²) in [6.45, 7) is 1.18. The second kappa shape index (κ2) is 5.89. The van der Waals surface area contributed by atoms with Crippen molar-refractivity contribution in [2.75, 3.05) is 13.6 Å². The van der Waals surface area contributed by atoms with Gasteiger partial charge in [0.1, 0.15) is 0 Å². The van der Waals surface area contributed by atoms with Crippen LogP contribution in [-0.4, -0.2) is 30.3 Å². The van der Waals surface area contributed by atoms with Gasteiger partial charge in [-0.1, -0.05) is 0 Å². The van der Waals surface area contributed by atoms with Crippen molar-refractivity contribution >= 4 is 17.5 Å². The molecule has 19 heavy (non-hydrogen) atoms. The molecule has 0 atom stereocenters. The summed E-state index contributed by atoms with van der Waals surface area (Å²) >= 11 is 0. The molecule has 0 radical (unpaired) electrons. The second-order valence-corrected chi connectivity index (χ2v) is 3.73. The molecule has 1 rings (SSSR count). The Hall–Kier alpha value is -2.51. The molecule has 0 aliphatic carbocycles. The molecule has 0 aliphatic rings. The Labute approximate surface area is 107 Å². The van der Waals surface area contributed by atoms with Crippen LogP contribution < -0.4 is 10.6 Å². The maximum atomic E-state index is 13.3. The van der Waals surface area contributed by atoms with Gasteiger partial charge < -0.3 is 10.6 Å². The Bertz CT molecular complexity index is 545. The van der Waals surface area contributed by atoms with Gasteiger partial charge in [0.25, 0.3) is 5.91 Å². The Balaban J connectivity index is 3.00. The Morgan fingerprint density at radius 1 is 1.42 bits per heavy atom. The Morgan fingerprint density at radius 2 is 2.05 bits per heavy atom. The number of halogens is 1. The summed E-state index contributed by atoms with van der Waals surface area (Å²) in [6.07, 6.45) is 0. The summed E-state index contributed by atoms with van der Waals surface area (Å²) < 4.78 is 13.3. The monoisotopic (exact) mass is 269 g/mol. The predicted octanol–water partition coefficient (Wildman–Crippen LogP) is 0.518. The zero-order valence-corrected chi connectivity index (χ0v) is 10.3. The molecule has 8 heteroatoms. The molecule has 0 heterocycles. The van der Waals surface area contributed by atoms with Crippen LogP contribution in [0.2, 0.25) is 0 Å². The van der Waals surface area contributed by atoms with E-state index in [9.17, 15) is 24.1 Å². The van der Waals surface area contributed by atoms with Crippen LogP contribution in [0.25, 0.3) is 0 Å². The number of nitro benzene ring substituents is 1. The van der Waals surface area contributed by atoms with Gasteiger partial charge in [0, 0.05) is 18.7 Å². The third-order valence-electron chi connectivity index (χ3n) is 2.42. The SMILES string of the molecule is CNC(=O)CNC(=O)c1cc([N+](=O)[O-])c(F)cc1C. The Kier molecular flexibility index (Phi) is 4.51. The lowest BCUT2D eigenvalue weighted by molar-refractivity contribution is -0.387. The maximum absolute atomic E-state index is 13.3. The summed E-state index contributed by atoms with van der Waals surface area (Å²) in [7, 11) is 1.41. The number of hydrogen-bond donors (Lipinski definition) is 2. The van der Waals surface area contributed by atoms with Crippen LogP contribution in [0.5, 0.6) is 0 Å². The highest BCUT2D eigenvalue weighted by Crippen LogP contribution is 2.21. The maximum Gasteiger partial charge on any atom is 0.305 e. The van der Waals surface area contributed by atoms with E-state index in [1.54, 1.807) is 0 Å². The molecule has 0 unspecified atom stereocenters. The van der Waals surface area contributed by atoms with Gasteiger partial charge in [-0.2, -0.15) is 4.39 Å². The normalized spacial score (nSPS) is 9.84. The smallest absolute Gasteiger partial charge is 0.305 e. The van der Waals surface area contributed by atoms with Gasteiger partial charge in [0.15, 0.2) is 0 Å². The topological polar surface area (TPSA) is 101 Å². The predicted molar refractivity (Wildman–Crippen MR) is 64.2 cm³/mol. The molecule has 102 valence electrons. The van der Waals surface area contributed by atoms with E-state index in [1.165, 1.54) is 14.0 Å². The molecule has 2 amide bonds. The minimum Gasteiger partial charge on any atom is -0.358 e. The highest BCUT2D eigenvalue weighted by atomic mass is 19.1. The van der Waals surface area contributed by atoms with E-state index in [4.69, 9.17) is 0 Å². The third-order valence-corrected chi connectivity index (χ3v) is 2.42. The number of likely N-dealkylation sites (N-methyl/N-ethyl adjacent to an activating group) is 1. The fourth-order valence-electron chi connectivity index (χ4n) is 1.39. The molecule has 7 nitrogen and oxygen atoms in total. The molecule has 2 N–H and O–H groups in total. The molecule has 1 aromatic rings. The van der Waals surface area contributed by atoms with E-state index >= 15 is 0 Å². The minimum absolute atomic E-state index is 0.0444. The van der Waals surface area contributed by atoms with Crippen molar-refractivity contribution in [3.05, 3.63) is 39.2 Å². The van der Waals surface area contributed by atoms with E-state index in [2.05, 4.69) is 10.6 Å². The number of nitrogens with one attached hydrogen (secondary N) is 2. The van der Waals surface area contributed by atoms with Crippen molar-refractivity contribution < 1.29 is 18.9 Å². The molecule has 0 saturated carbocycles. The number of benzene rings is 1. The standard InChI is InChI=1S/C11H12FN3O4/c1-6-3-8(12)9(15(18)19)4-7(6)11(17)14-5-10(16)13-2/h3-4H,5H2,1-2H3,(H,13,16)(H,14,17). The fourth-order valence-corrected chi connectivity index (χ4v) is 1.39. The molecule has 0 aliphatic heterocycles. The van der Waals surface area contributed by atoms with Crippen LogP contribution in [0.4, 0.5) is 10.1 Å². The number of carbonyl (C=O) groups is 2. The summed E-state index contributed by atoms with van der Waals surface area (Å²) in [4.78, 5) is 32.4. The van der Waals surface area contributed by atoms with Crippen molar-refractivity contribution in [1.82, 2.24) is 10.6 Å². The lowest BCUT2D eigenvalue weighted by Crippen LogP contribution is -2.35. The van der Waals surface area contributed by atoms with Gasteiger partial charge in [0.2, 0.25) is 11.7 Å². The van der Waals surface area contributed by atoms with Crippen molar-refractivity contribution in [3.8, 4) is 0 Å². The van der Waals surface area contributed by atoms with Crippen molar-refractivity contribution in [2.45, 2.75) is 6.92 Å². The van der Waals surface area contributed by atoms with Crippen LogP contribution in [-0.2, 0) is 4.79 Å². The molecule has 0 spiro atoms. The molecule has 0 aromatic heterocycles. The first kappa shape index (κ1) is 14.6. The van der Waals surface area contributed by atoms with Gasteiger partial charge in [-0.25, -0.2) is 0 Å². The lowest BCUT2D eigenvalue weighted by atomic mass is 10.1. The molecule has 0 bridgehead atoms. The van der Waals surface area contributed by atoms with Gasteiger partial charge in [-0.15, -0.1) is 0 Å². The van der Waals surface area contributed by atoms with Crippen LogP contribution >= 0.6 is 0 Å². The van der Waals surface area contributed by atoms with E-state index in [0.717, 1.165) is 12.1 Å². The minimum atomic E-state index is -1.01. The first-order chi connectivity index (χ1) is 8.86. The average Bonchev–Trinajstić information content (AvgIpc) is 2.35. The van der Waals surface area contributed by atoms with Gasteiger partial charge >= 0.3 is 5.69 Å². The van der Waals surface area contributed by atoms with E-state index in [0.29, 0.717) is 0 Å². The molecular formula is C11H12FN3O4. The number of aryl methyl sites for hydroxylation is 1. The van der Waals surface area contributed by atoms with E-state index < -0.39 is 28.2 Å². The average molecular weight is 269 g/mol. The number of carbonyl (C=O) groups excluding carboxylic acids is 2. The number of rotatable bonds is 4. The zero-order chi connectivity index (χ0) is 14.6. The van der Waals surface area contributed by atoms with Crippen LogP contribution in [0.1, 0.15) is 15.9 Å². The highest BCUT2D eigenvalue weighted by Gasteiger charge is 2.20. The number of amides is 2. The fraction of sp³-hybridized carbons (Fsp3) is 0.273. The van der Waals surface area contributed by atoms with E-state index in [-0.39, 0.29) is 17.7 Å². The lowest BCUT2D eigenvalue weighted by Gasteiger charge is -2.07. The summed E-state index contributed by atoms with van der Waals surface area (Å²) in [6, 6.07) is 1.76. The van der Waals surface area contributed by atoms with Crippen molar-refractivity contribution in [3.63, 3.8) is 0 Å². The summed E-state index contributed by atoms with van der Waals surface area (Å²) in [5, 5.41) is 15.2. The Morgan fingerprint density at radius 3 is 2.58 bits per heavy atom. The highest BCUT2D eigenvalue weighted by molar-refractivity contribution is 5.98. The van der Waals surface area contributed by atoms with Crippen molar-refractivity contribution in [2.24, 2.45) is 0 Å². The van der Waals surface area contributed by atoms with Gasteiger partial charge in [-0.05, 0) is 18.6 Å². The van der Waals surface area contributed by atoms with Gasteiger partial charge in [-0.3, -0.25) is 19.7 Å². The summed E-state index contributed by atoms with van der Waals surface area (Å²) in [5.41, 5.74) is -0.579. The van der Waals surface area contributed by atoms with Gasteiger partial charge in [0.05, 0.1) is 11.5 Å². The van der Waals surface area contributed by atoms with E-state index in [1.807, 2.05) is 0 Å². The molecule has 0 fully saturated rings. The van der Waals surface area contributed by atoms with Crippen LogP contribution in [0.3, 0.4) is 0 Å². The number of nitrogens with zero attached hydrogens (tertiary/aromatic N) is 1. The molecule has 1 aromatic carbocycles. The van der Waals surface area contributed by atoms with Crippen molar-refractivity contribution in [1.29, 1.82) is 0 Å². The van der Waals surface area contributed by atoms with Crippen LogP contribution in [0.15, 0.2) is 12.1 Å². The molecule has 0 saturated heterocycles. The third kappa shape index (κ3) is 3.47. The quantitative estimate of drug-likeness (QED) is 0.614. The second-order valence-electron chi connectivity index (χ2n) is 3.73. The molecular weight excluding hydrogens is 257 g/mol. The first-order valence-corrected chi connectivity index (χ1v) is 5.30. The number of hydrogen-bond acceptors (Lipinski definition) is 4. The number of nitro groups is 1. The van der Waals surface area contributed by atoms with Crippen LogP contribution in [0, 0.1) is 22.9 Å². The summed E-state index contributed by atoms with van der Waals surface area (Å²) in [5.74, 6) is -2.10. The zero-order valence-electron chi connectivity index (χ0n) is 10.3.